The molecule has 1 aromatic heterocycles. The van der Waals surface area contributed by atoms with Crippen molar-refractivity contribution in [2.24, 2.45) is 0 Å². The summed E-state index contributed by atoms with van der Waals surface area (Å²) in [6.45, 7) is 2.17. The molecule has 0 N–H and O–H groups in total. The number of rotatable bonds is 4. The van der Waals surface area contributed by atoms with E-state index in [-0.39, 0.29) is 6.10 Å². The average Bonchev–Trinajstić information content (AvgIpc) is 2.79. The van der Waals surface area contributed by atoms with Crippen molar-refractivity contribution < 1.29 is 9.47 Å². The Hall–Kier alpha value is -0.372. The van der Waals surface area contributed by atoms with Crippen LogP contribution >= 0.6 is 0 Å². The van der Waals surface area contributed by atoms with E-state index in [1.54, 1.807) is 16.9 Å². The Morgan fingerprint density at radius 2 is 2.33 bits per heavy atom. The van der Waals surface area contributed by atoms with Gasteiger partial charge in [-0.15, -0.1) is 0 Å². The molecule has 2 unspecified atom stereocenters. The SMILES string of the molecule is [AsH2]Cc1cccc(COC2CCOC2)n1. The van der Waals surface area contributed by atoms with Gasteiger partial charge in [-0.2, -0.15) is 0 Å². The van der Waals surface area contributed by atoms with Crippen molar-refractivity contribution in [2.45, 2.75) is 24.3 Å². The summed E-state index contributed by atoms with van der Waals surface area (Å²) in [5, 5.41) is 1.04. The van der Waals surface area contributed by atoms with Crippen LogP contribution in [-0.2, 0) is 21.3 Å². The summed E-state index contributed by atoms with van der Waals surface area (Å²) < 4.78 is 11.0. The quantitative estimate of drug-likeness (QED) is 0.747. The fourth-order valence-electron chi connectivity index (χ4n) is 1.57. The van der Waals surface area contributed by atoms with E-state index in [0.717, 1.165) is 36.2 Å². The molecule has 1 fully saturated rings. The standard InChI is InChI=1S/C11H16AsNO2/c12-6-9-2-1-3-10(13-9)7-15-11-4-5-14-8-11/h1-3,11H,4-8,12H2. The molecule has 0 radical (unpaired) electrons. The summed E-state index contributed by atoms with van der Waals surface area (Å²) in [5.41, 5.74) is 2.18. The zero-order valence-electron chi connectivity index (χ0n) is 8.69. The van der Waals surface area contributed by atoms with Crippen molar-refractivity contribution in [1.29, 1.82) is 0 Å². The Balaban J connectivity index is 1.86. The Bertz CT molecular complexity index is 313. The van der Waals surface area contributed by atoms with Crippen LogP contribution in [0.1, 0.15) is 17.8 Å². The zero-order valence-corrected chi connectivity index (χ0v) is 11.1. The van der Waals surface area contributed by atoms with Crippen molar-refractivity contribution in [1.82, 2.24) is 4.98 Å². The van der Waals surface area contributed by atoms with Gasteiger partial charge < -0.3 is 0 Å². The number of hydrogen-bond acceptors (Lipinski definition) is 3. The molecule has 2 rings (SSSR count). The Labute approximate surface area is 98.7 Å². The van der Waals surface area contributed by atoms with Gasteiger partial charge in [0.1, 0.15) is 0 Å². The van der Waals surface area contributed by atoms with Crippen LogP contribution in [0.2, 0.25) is 0 Å². The Morgan fingerprint density at radius 3 is 3.07 bits per heavy atom. The van der Waals surface area contributed by atoms with Crippen LogP contribution in [0.3, 0.4) is 0 Å². The molecular formula is C11H16AsNO2. The van der Waals surface area contributed by atoms with Gasteiger partial charge in [0.05, 0.1) is 0 Å². The molecule has 1 aliphatic rings. The third-order valence-electron chi connectivity index (χ3n) is 2.43. The van der Waals surface area contributed by atoms with E-state index in [9.17, 15) is 0 Å². The second-order valence-corrected chi connectivity index (χ2v) is 4.48. The molecule has 0 aromatic carbocycles. The van der Waals surface area contributed by atoms with Crippen LogP contribution in [0.4, 0.5) is 0 Å². The van der Waals surface area contributed by atoms with Gasteiger partial charge in [0, 0.05) is 0 Å². The summed E-state index contributed by atoms with van der Waals surface area (Å²) in [6, 6.07) is 6.12. The first kappa shape index (κ1) is 11.1. The number of hydrogen-bond donors (Lipinski definition) is 0. The molecule has 0 amide bonds. The number of nitrogens with zero attached hydrogens (tertiary/aromatic N) is 1. The first-order valence-corrected chi connectivity index (χ1v) is 6.94. The molecule has 15 heavy (non-hydrogen) atoms. The molecule has 2 heterocycles. The summed E-state index contributed by atoms with van der Waals surface area (Å²) in [4.78, 5) is 4.50. The van der Waals surface area contributed by atoms with Gasteiger partial charge in [0.2, 0.25) is 0 Å². The predicted molar refractivity (Wildman–Crippen MR) is 60.5 cm³/mol. The van der Waals surface area contributed by atoms with Crippen LogP contribution in [0, 0.1) is 0 Å². The van der Waals surface area contributed by atoms with Crippen LogP contribution in [0.5, 0.6) is 0 Å². The van der Waals surface area contributed by atoms with E-state index in [1.165, 1.54) is 0 Å². The van der Waals surface area contributed by atoms with Gasteiger partial charge in [-0.05, 0) is 0 Å². The van der Waals surface area contributed by atoms with E-state index in [2.05, 4.69) is 11.1 Å². The Kier molecular flexibility index (Phi) is 4.18. The molecule has 2 atom stereocenters. The van der Waals surface area contributed by atoms with Crippen LogP contribution < -0.4 is 0 Å². The molecule has 1 aromatic rings. The van der Waals surface area contributed by atoms with Gasteiger partial charge in [-0.1, -0.05) is 0 Å². The second kappa shape index (κ2) is 5.64. The summed E-state index contributed by atoms with van der Waals surface area (Å²) in [5.74, 6) is 0. The fourth-order valence-corrected chi connectivity index (χ4v) is 2.05. The van der Waals surface area contributed by atoms with E-state index in [1.807, 2.05) is 12.1 Å². The molecular weight excluding hydrogens is 253 g/mol. The maximum absolute atomic E-state index is 5.71. The van der Waals surface area contributed by atoms with Gasteiger partial charge in [0.15, 0.2) is 0 Å². The third-order valence-corrected chi connectivity index (χ3v) is 3.31. The molecule has 82 valence electrons. The van der Waals surface area contributed by atoms with Crippen LogP contribution in [-0.4, -0.2) is 41.2 Å². The van der Waals surface area contributed by atoms with E-state index >= 15 is 0 Å². The normalized spacial score (nSPS) is 20.7. The van der Waals surface area contributed by atoms with Crippen LogP contribution in [0.15, 0.2) is 18.2 Å². The average molecular weight is 269 g/mol. The molecule has 0 aliphatic carbocycles. The van der Waals surface area contributed by atoms with E-state index in [0.29, 0.717) is 6.61 Å². The molecule has 3 nitrogen and oxygen atoms in total. The monoisotopic (exact) mass is 269 g/mol. The third kappa shape index (κ3) is 3.30. The molecule has 0 saturated carbocycles. The first-order chi connectivity index (χ1) is 7.38. The van der Waals surface area contributed by atoms with Gasteiger partial charge >= 0.3 is 98.5 Å². The van der Waals surface area contributed by atoms with E-state index in [4.69, 9.17) is 9.47 Å². The Morgan fingerprint density at radius 1 is 1.47 bits per heavy atom. The minimum absolute atomic E-state index is 0.265. The van der Waals surface area contributed by atoms with E-state index < -0.39 is 0 Å². The number of pyridine rings is 1. The zero-order chi connectivity index (χ0) is 10.5. The van der Waals surface area contributed by atoms with Crippen molar-refractivity contribution >= 4 is 16.9 Å². The van der Waals surface area contributed by atoms with Crippen LogP contribution in [0.25, 0.3) is 0 Å². The van der Waals surface area contributed by atoms with Gasteiger partial charge in [-0.25, -0.2) is 0 Å². The molecule has 0 bridgehead atoms. The predicted octanol–water partition coefficient (Wildman–Crippen LogP) is 0.520. The van der Waals surface area contributed by atoms with Crippen molar-refractivity contribution in [3.05, 3.63) is 29.6 Å². The molecule has 4 heteroatoms. The van der Waals surface area contributed by atoms with Gasteiger partial charge in [-0.3, -0.25) is 0 Å². The number of ether oxygens (including phenoxy) is 2. The van der Waals surface area contributed by atoms with Crippen molar-refractivity contribution in [3.8, 4) is 0 Å². The van der Waals surface area contributed by atoms with Gasteiger partial charge in [0.25, 0.3) is 0 Å². The maximum atomic E-state index is 5.71. The minimum atomic E-state index is 0.265. The number of aromatic nitrogens is 1. The topological polar surface area (TPSA) is 31.4 Å². The fraction of sp³-hybridized carbons (Fsp3) is 0.545. The molecule has 1 aliphatic heterocycles. The van der Waals surface area contributed by atoms with Crippen molar-refractivity contribution in [2.75, 3.05) is 13.2 Å². The summed E-state index contributed by atoms with van der Waals surface area (Å²) >= 11 is 1.68. The molecule has 1 saturated heterocycles. The molecule has 0 spiro atoms. The summed E-state index contributed by atoms with van der Waals surface area (Å²) in [7, 11) is 0. The summed E-state index contributed by atoms with van der Waals surface area (Å²) in [6.07, 6.45) is 1.28. The van der Waals surface area contributed by atoms with Crippen molar-refractivity contribution in [3.63, 3.8) is 0 Å². The first-order valence-electron chi connectivity index (χ1n) is 5.22. The second-order valence-electron chi connectivity index (χ2n) is 3.62.